The van der Waals surface area contributed by atoms with Gasteiger partial charge >= 0.3 is 0 Å². The molecule has 0 bridgehead atoms. The highest BCUT2D eigenvalue weighted by Gasteiger charge is 1.77. The smallest absolute Gasteiger partial charge is 0.124 e. The topological polar surface area (TPSA) is 75.6 Å². The van der Waals surface area contributed by atoms with E-state index in [9.17, 15) is 0 Å². The minimum atomic E-state index is 0. The maximum atomic E-state index is 8.98. The molecule has 0 fully saturated rings. The summed E-state index contributed by atoms with van der Waals surface area (Å²) in [6.45, 7) is 0. The van der Waals surface area contributed by atoms with Gasteiger partial charge in [-0.15, -0.1) is 17.5 Å². The Labute approximate surface area is 147 Å². The number of rotatable bonds is 0. The molecule has 0 saturated heterocycles. The van der Waals surface area contributed by atoms with Crippen LogP contribution in [0.5, 0.6) is 0 Å². The van der Waals surface area contributed by atoms with Crippen molar-refractivity contribution in [3.05, 3.63) is 103 Å². The largest absolute Gasteiger partial charge is 0.346 e. The lowest BCUT2D eigenvalue weighted by atomic mass is 10.3. The molecule has 0 aromatic carbocycles. The van der Waals surface area contributed by atoms with E-state index < -0.39 is 0 Å². The number of nitrogens with zero attached hydrogens (tertiary/aromatic N) is 4. The Bertz CT molecular complexity index is 686. The number of nitriles is 1. The standard InChI is InChI=1S/C18H16N4O.ClH/c19-17-18-13-9-7-5-3-1-2-4-6-8-12-16-23-22-21-20-15-11-10-14-18;/h1-16H;1H. The van der Waals surface area contributed by atoms with Crippen molar-refractivity contribution >= 4 is 12.4 Å². The van der Waals surface area contributed by atoms with Crippen LogP contribution in [-0.4, -0.2) is 15.6 Å². The van der Waals surface area contributed by atoms with E-state index >= 15 is 0 Å². The third-order valence-electron chi connectivity index (χ3n) is 2.22. The van der Waals surface area contributed by atoms with Crippen molar-refractivity contribution in [3.63, 3.8) is 0 Å². The monoisotopic (exact) mass is 340 g/mol. The first-order valence-electron chi connectivity index (χ1n) is 6.79. The summed E-state index contributed by atoms with van der Waals surface area (Å²) < 4.78 is 4.74. The molecule has 0 aliphatic carbocycles. The Morgan fingerprint density at radius 3 is 1.92 bits per heavy atom. The van der Waals surface area contributed by atoms with Gasteiger partial charge in [0.2, 0.25) is 0 Å². The van der Waals surface area contributed by atoms with Crippen LogP contribution in [0.15, 0.2) is 102 Å². The molecule has 0 saturated carbocycles. The predicted molar refractivity (Wildman–Crippen MR) is 94.6 cm³/mol. The molecule has 0 aliphatic rings. The maximum Gasteiger partial charge on any atom is 0.124 e. The first kappa shape index (κ1) is 20.8. The third kappa shape index (κ3) is 12.5. The molecule has 1 aromatic heterocycles. The summed E-state index contributed by atoms with van der Waals surface area (Å²) in [7, 11) is 0. The first-order chi connectivity index (χ1) is 11.4. The van der Waals surface area contributed by atoms with E-state index in [4.69, 9.17) is 9.78 Å². The number of halogens is 1. The predicted octanol–water partition coefficient (Wildman–Crippen LogP) is 4.26. The van der Waals surface area contributed by atoms with E-state index in [-0.39, 0.29) is 12.4 Å². The van der Waals surface area contributed by atoms with Crippen molar-refractivity contribution in [2.75, 3.05) is 0 Å². The van der Waals surface area contributed by atoms with Gasteiger partial charge in [0.1, 0.15) is 6.26 Å². The lowest BCUT2D eigenvalue weighted by Gasteiger charge is -1.76. The molecule has 0 aliphatic heterocycles. The fraction of sp³-hybridized carbons (Fsp3) is 0. The Morgan fingerprint density at radius 1 is 0.750 bits per heavy atom. The van der Waals surface area contributed by atoms with Crippen LogP contribution in [0.25, 0.3) is 0 Å². The van der Waals surface area contributed by atoms with E-state index in [1.807, 2.05) is 42.5 Å². The van der Waals surface area contributed by atoms with Gasteiger partial charge in [0.15, 0.2) is 0 Å². The average Bonchev–Trinajstić information content (AvgIpc) is 2.57. The molecule has 24 heavy (non-hydrogen) atoms. The second kappa shape index (κ2) is 16.1. The molecule has 0 spiro atoms. The molecule has 1 rings (SSSR count). The lowest BCUT2D eigenvalue weighted by molar-refractivity contribution is 0.356. The lowest BCUT2D eigenvalue weighted by Crippen LogP contribution is -1.74. The number of hydrogen-bond donors (Lipinski definition) is 0. The molecule has 0 amide bonds. The highest BCUT2D eigenvalue weighted by atomic mass is 35.5. The fourth-order valence-corrected chi connectivity index (χ4v) is 1.23. The Kier molecular flexibility index (Phi) is 14.0. The fourth-order valence-electron chi connectivity index (χ4n) is 1.23. The molecule has 5 nitrogen and oxygen atoms in total. The van der Waals surface area contributed by atoms with Crippen molar-refractivity contribution in [2.24, 2.45) is 0 Å². The van der Waals surface area contributed by atoms with Crippen LogP contribution >= 0.6 is 12.4 Å². The number of hydrogen-bond acceptors (Lipinski definition) is 5. The van der Waals surface area contributed by atoms with Crippen LogP contribution in [0.1, 0.15) is 5.56 Å². The zero-order valence-electron chi connectivity index (χ0n) is 12.8. The van der Waals surface area contributed by atoms with Gasteiger partial charge < -0.3 is 4.52 Å². The van der Waals surface area contributed by atoms with Crippen molar-refractivity contribution in [1.29, 1.82) is 5.26 Å². The van der Waals surface area contributed by atoms with Crippen molar-refractivity contribution in [3.8, 4) is 6.07 Å². The van der Waals surface area contributed by atoms with Gasteiger partial charge in [-0.2, -0.15) is 5.26 Å². The van der Waals surface area contributed by atoms with E-state index in [1.54, 1.807) is 42.5 Å². The van der Waals surface area contributed by atoms with Gasteiger partial charge in [0.05, 0.1) is 23.1 Å². The quantitative estimate of drug-likeness (QED) is 0.705. The van der Waals surface area contributed by atoms with Crippen LogP contribution in [-0.2, 0) is 0 Å². The van der Waals surface area contributed by atoms with Crippen LogP contribution in [0, 0.1) is 11.3 Å². The second-order valence-corrected chi connectivity index (χ2v) is 3.89. The van der Waals surface area contributed by atoms with Gasteiger partial charge in [-0.1, -0.05) is 60.7 Å². The molecule has 1 aromatic rings. The van der Waals surface area contributed by atoms with E-state index in [0.29, 0.717) is 5.56 Å². The average molecular weight is 341 g/mol. The SMILES string of the molecule is Cl.N#Cc1cccccccccccconnncccc1. The molecule has 0 radical (unpaired) electrons. The zero-order chi connectivity index (χ0) is 16.4. The number of aromatic nitrogens is 3. The molecule has 0 atom stereocenters. The molecule has 122 valence electrons. The van der Waals surface area contributed by atoms with Gasteiger partial charge in [0, 0.05) is 0 Å². The van der Waals surface area contributed by atoms with E-state index in [1.165, 1.54) is 12.5 Å². The van der Waals surface area contributed by atoms with Crippen LogP contribution < -0.4 is 0 Å². The molecule has 1 heterocycles. The molecule has 0 unspecified atom stereocenters. The zero-order valence-corrected chi connectivity index (χ0v) is 13.7. The maximum absolute atomic E-state index is 8.98. The molecule has 6 heteroatoms. The Balaban J connectivity index is 0.00000529. The molecular weight excluding hydrogens is 324 g/mol. The summed E-state index contributed by atoms with van der Waals surface area (Å²) in [5.41, 5.74) is 0.523. The summed E-state index contributed by atoms with van der Waals surface area (Å²) in [5, 5.41) is 19.4. The van der Waals surface area contributed by atoms with Crippen LogP contribution in [0.3, 0.4) is 0 Å². The van der Waals surface area contributed by atoms with Gasteiger partial charge in [-0.3, -0.25) is 0 Å². The third-order valence-corrected chi connectivity index (χ3v) is 2.22. The van der Waals surface area contributed by atoms with Gasteiger partial charge in [-0.05, 0) is 29.5 Å². The molecule has 0 N–H and O–H groups in total. The summed E-state index contributed by atoms with van der Waals surface area (Å²) in [6, 6.07) is 27.2. The normalized spacial score (nSPS) is 7.62. The summed E-state index contributed by atoms with van der Waals surface area (Å²) in [4.78, 5) is 0. The summed E-state index contributed by atoms with van der Waals surface area (Å²) >= 11 is 0. The Morgan fingerprint density at radius 2 is 1.29 bits per heavy atom. The summed E-state index contributed by atoms with van der Waals surface area (Å²) in [5.74, 6) is 0. The van der Waals surface area contributed by atoms with Crippen LogP contribution in [0.2, 0.25) is 0 Å². The second-order valence-electron chi connectivity index (χ2n) is 3.89. The van der Waals surface area contributed by atoms with Crippen molar-refractivity contribution in [1.82, 2.24) is 15.6 Å². The minimum absolute atomic E-state index is 0. The molecular formula is C18H17ClN4O. The van der Waals surface area contributed by atoms with E-state index in [0.717, 1.165) is 0 Å². The summed E-state index contributed by atoms with van der Waals surface area (Å²) in [6.07, 6.45) is 2.82. The highest BCUT2D eigenvalue weighted by Crippen LogP contribution is 1.89. The van der Waals surface area contributed by atoms with Crippen molar-refractivity contribution in [2.45, 2.75) is 0 Å². The Hall–Kier alpha value is -3.23. The highest BCUT2D eigenvalue weighted by molar-refractivity contribution is 5.85. The van der Waals surface area contributed by atoms with Gasteiger partial charge in [0.25, 0.3) is 0 Å². The van der Waals surface area contributed by atoms with Crippen molar-refractivity contribution < 1.29 is 4.52 Å². The minimum Gasteiger partial charge on any atom is -0.346 e. The van der Waals surface area contributed by atoms with Crippen LogP contribution in [0.4, 0.5) is 0 Å². The van der Waals surface area contributed by atoms with Gasteiger partial charge in [-0.25, -0.2) is 0 Å². The first-order valence-corrected chi connectivity index (χ1v) is 6.79. The van der Waals surface area contributed by atoms with E-state index in [2.05, 4.69) is 21.7 Å².